The van der Waals surface area contributed by atoms with Gasteiger partial charge in [-0.05, 0) is 37.8 Å². The highest BCUT2D eigenvalue weighted by Crippen LogP contribution is 2.29. The summed E-state index contributed by atoms with van der Waals surface area (Å²) in [5.74, 6) is -3.17. The molecule has 1 amide bonds. The molecule has 0 bridgehead atoms. The van der Waals surface area contributed by atoms with E-state index in [9.17, 15) is 18.4 Å². The Kier molecular flexibility index (Phi) is 5.46. The number of hydrogen-bond acceptors (Lipinski definition) is 2. The van der Waals surface area contributed by atoms with Crippen LogP contribution in [-0.4, -0.2) is 23.5 Å². The Bertz CT molecular complexity index is 542. The van der Waals surface area contributed by atoms with Gasteiger partial charge in [0.1, 0.15) is 11.6 Å². The third kappa shape index (κ3) is 4.02. The van der Waals surface area contributed by atoms with E-state index in [0.29, 0.717) is 25.7 Å². The molecule has 6 heteroatoms. The van der Waals surface area contributed by atoms with Crippen LogP contribution in [0.15, 0.2) is 18.2 Å². The molecule has 2 N–H and O–H groups in total. The van der Waals surface area contributed by atoms with Crippen molar-refractivity contribution in [1.82, 2.24) is 5.32 Å². The van der Waals surface area contributed by atoms with Crippen molar-refractivity contribution >= 4 is 11.9 Å². The molecule has 0 aromatic heterocycles. The topological polar surface area (TPSA) is 66.4 Å². The smallest absolute Gasteiger partial charge is 0.306 e. The largest absolute Gasteiger partial charge is 0.481 e. The van der Waals surface area contributed by atoms with Crippen molar-refractivity contribution in [2.45, 2.75) is 32.1 Å². The van der Waals surface area contributed by atoms with Crippen molar-refractivity contribution in [1.29, 1.82) is 0 Å². The number of nitrogens with one attached hydrogen (secondary N) is 1. The lowest BCUT2D eigenvalue weighted by Gasteiger charge is -2.25. The van der Waals surface area contributed by atoms with Crippen molar-refractivity contribution in [3.8, 4) is 0 Å². The zero-order valence-corrected chi connectivity index (χ0v) is 12.1. The van der Waals surface area contributed by atoms with E-state index in [0.717, 1.165) is 0 Å². The molecule has 0 spiro atoms. The van der Waals surface area contributed by atoms with E-state index in [2.05, 4.69) is 5.32 Å². The van der Waals surface area contributed by atoms with E-state index in [1.54, 1.807) is 0 Å². The van der Waals surface area contributed by atoms with Crippen LogP contribution in [0.2, 0.25) is 0 Å². The monoisotopic (exact) mass is 311 g/mol. The van der Waals surface area contributed by atoms with Gasteiger partial charge in [0, 0.05) is 18.0 Å². The van der Waals surface area contributed by atoms with Gasteiger partial charge >= 0.3 is 5.97 Å². The molecule has 2 atom stereocenters. The predicted octanol–water partition coefficient (Wildman–Crippen LogP) is 2.51. The van der Waals surface area contributed by atoms with Gasteiger partial charge in [0.25, 0.3) is 0 Å². The molecule has 120 valence electrons. The number of benzene rings is 1. The van der Waals surface area contributed by atoms with Crippen molar-refractivity contribution in [3.63, 3.8) is 0 Å². The van der Waals surface area contributed by atoms with Crippen LogP contribution in [0.4, 0.5) is 8.78 Å². The van der Waals surface area contributed by atoms with Crippen LogP contribution in [0.1, 0.15) is 31.2 Å². The zero-order valence-electron chi connectivity index (χ0n) is 12.1. The number of rotatable bonds is 5. The van der Waals surface area contributed by atoms with Gasteiger partial charge in [0.2, 0.25) is 5.91 Å². The second-order valence-electron chi connectivity index (χ2n) is 5.64. The molecule has 0 radical (unpaired) electrons. The minimum absolute atomic E-state index is 0.0464. The molecule has 2 rings (SSSR count). The van der Waals surface area contributed by atoms with Gasteiger partial charge in [-0.25, -0.2) is 8.78 Å². The summed E-state index contributed by atoms with van der Waals surface area (Å²) in [6.45, 7) is 0.130. The molecule has 0 heterocycles. The SMILES string of the molecule is O=C(O)C1CCCC(C(=O)NCCc2c(F)cccc2F)C1. The van der Waals surface area contributed by atoms with Crippen molar-refractivity contribution in [2.75, 3.05) is 6.54 Å². The first kappa shape index (κ1) is 16.4. The van der Waals surface area contributed by atoms with Gasteiger partial charge in [-0.15, -0.1) is 0 Å². The van der Waals surface area contributed by atoms with Crippen LogP contribution in [-0.2, 0) is 16.0 Å². The Labute approximate surface area is 127 Å². The number of carboxylic acid groups (broad SMARTS) is 1. The molecule has 1 aliphatic carbocycles. The van der Waals surface area contributed by atoms with E-state index in [1.165, 1.54) is 18.2 Å². The van der Waals surface area contributed by atoms with Crippen LogP contribution < -0.4 is 5.32 Å². The summed E-state index contributed by atoms with van der Waals surface area (Å²) < 4.78 is 26.9. The Balaban J connectivity index is 1.84. The average Bonchev–Trinajstić information content (AvgIpc) is 2.50. The number of aliphatic carboxylic acids is 1. The highest BCUT2D eigenvalue weighted by Gasteiger charge is 2.30. The molecule has 1 aromatic rings. The number of halogens is 2. The molecule has 1 aliphatic rings. The van der Waals surface area contributed by atoms with Gasteiger partial charge in [-0.1, -0.05) is 12.5 Å². The number of carbonyl (C=O) groups excluding carboxylic acids is 1. The Morgan fingerprint density at radius 1 is 1.18 bits per heavy atom. The summed E-state index contributed by atoms with van der Waals surface area (Å²) in [5, 5.41) is 11.7. The van der Waals surface area contributed by atoms with Gasteiger partial charge in [0.15, 0.2) is 0 Å². The van der Waals surface area contributed by atoms with E-state index in [1.807, 2.05) is 0 Å². The maximum atomic E-state index is 13.5. The predicted molar refractivity (Wildman–Crippen MR) is 76.2 cm³/mol. The van der Waals surface area contributed by atoms with E-state index >= 15 is 0 Å². The Morgan fingerprint density at radius 2 is 1.82 bits per heavy atom. The van der Waals surface area contributed by atoms with Crippen molar-refractivity contribution in [2.24, 2.45) is 11.8 Å². The fourth-order valence-electron chi connectivity index (χ4n) is 2.88. The second-order valence-corrected chi connectivity index (χ2v) is 5.64. The first-order valence-corrected chi connectivity index (χ1v) is 7.42. The van der Waals surface area contributed by atoms with E-state index in [-0.39, 0.29) is 30.4 Å². The Morgan fingerprint density at radius 3 is 2.45 bits per heavy atom. The molecule has 1 saturated carbocycles. The molecular formula is C16H19F2NO3. The summed E-state index contributed by atoms with van der Waals surface area (Å²) in [7, 11) is 0. The highest BCUT2D eigenvalue weighted by atomic mass is 19.1. The van der Waals surface area contributed by atoms with Crippen LogP contribution in [0.25, 0.3) is 0 Å². The quantitative estimate of drug-likeness (QED) is 0.878. The second kappa shape index (κ2) is 7.33. The normalized spacial score (nSPS) is 21.4. The minimum atomic E-state index is -0.870. The van der Waals surface area contributed by atoms with Crippen LogP contribution in [0, 0.1) is 23.5 Å². The summed E-state index contributed by atoms with van der Waals surface area (Å²) >= 11 is 0. The van der Waals surface area contributed by atoms with Gasteiger partial charge in [-0.3, -0.25) is 9.59 Å². The molecule has 1 aromatic carbocycles. The minimum Gasteiger partial charge on any atom is -0.481 e. The summed E-state index contributed by atoms with van der Waals surface area (Å²) in [6.07, 6.45) is 2.36. The molecule has 22 heavy (non-hydrogen) atoms. The lowest BCUT2D eigenvalue weighted by Crippen LogP contribution is -2.36. The fraction of sp³-hybridized carbons (Fsp3) is 0.500. The van der Waals surface area contributed by atoms with Crippen LogP contribution in [0.3, 0.4) is 0 Å². The van der Waals surface area contributed by atoms with E-state index < -0.39 is 23.5 Å². The summed E-state index contributed by atoms with van der Waals surface area (Å²) in [5.41, 5.74) is -0.0464. The van der Waals surface area contributed by atoms with Crippen LogP contribution >= 0.6 is 0 Å². The fourth-order valence-corrected chi connectivity index (χ4v) is 2.88. The summed E-state index contributed by atoms with van der Waals surface area (Å²) in [6, 6.07) is 3.65. The van der Waals surface area contributed by atoms with Gasteiger partial charge in [-0.2, -0.15) is 0 Å². The number of carboxylic acids is 1. The van der Waals surface area contributed by atoms with Crippen LogP contribution in [0.5, 0.6) is 0 Å². The summed E-state index contributed by atoms with van der Waals surface area (Å²) in [4.78, 5) is 23.0. The molecular weight excluding hydrogens is 292 g/mol. The lowest BCUT2D eigenvalue weighted by atomic mass is 9.81. The Hall–Kier alpha value is -1.98. The zero-order chi connectivity index (χ0) is 16.1. The number of hydrogen-bond donors (Lipinski definition) is 2. The third-order valence-corrected chi connectivity index (χ3v) is 4.13. The number of amides is 1. The molecule has 0 saturated heterocycles. The average molecular weight is 311 g/mol. The van der Waals surface area contributed by atoms with Crippen molar-refractivity contribution in [3.05, 3.63) is 35.4 Å². The molecule has 0 aliphatic heterocycles. The van der Waals surface area contributed by atoms with Gasteiger partial charge < -0.3 is 10.4 Å². The lowest BCUT2D eigenvalue weighted by molar-refractivity contribution is -0.144. The standard InChI is InChI=1S/C16H19F2NO3/c17-13-5-2-6-14(18)12(13)7-8-19-15(20)10-3-1-4-11(9-10)16(21)22/h2,5-6,10-11H,1,3-4,7-9H2,(H,19,20)(H,21,22). The molecule has 4 nitrogen and oxygen atoms in total. The molecule has 2 unspecified atom stereocenters. The maximum absolute atomic E-state index is 13.5. The first-order valence-electron chi connectivity index (χ1n) is 7.42. The first-order chi connectivity index (χ1) is 10.5. The highest BCUT2D eigenvalue weighted by molar-refractivity contribution is 5.80. The van der Waals surface area contributed by atoms with Gasteiger partial charge in [0.05, 0.1) is 5.92 Å². The molecule has 1 fully saturated rings. The van der Waals surface area contributed by atoms with E-state index in [4.69, 9.17) is 5.11 Å². The maximum Gasteiger partial charge on any atom is 0.306 e. The van der Waals surface area contributed by atoms with Crippen molar-refractivity contribution < 1.29 is 23.5 Å². The number of carbonyl (C=O) groups is 2. The third-order valence-electron chi connectivity index (χ3n) is 4.13.